The molecule has 0 bridgehead atoms. The second-order valence-electron chi connectivity index (χ2n) is 0.583. The molecule has 0 N–H and O–H groups in total. The largest absolute Gasteiger partial charge is 2.00 e. The number of carboxylic acid groups (broad SMARTS) is 2. The van der Waals surface area contributed by atoms with Gasteiger partial charge in [0, 0.05) is 0 Å². The summed E-state index contributed by atoms with van der Waals surface area (Å²) < 4.78 is 0. The number of hydrogen-bond donors (Lipinski definition) is 0. The van der Waals surface area contributed by atoms with E-state index in [-0.39, 0.29) is 19.5 Å². The van der Waals surface area contributed by atoms with Crippen molar-refractivity contribution in [1.29, 1.82) is 0 Å². The number of rotatable bonds is 1. The predicted molar refractivity (Wildman–Crippen MR) is 32.4 cm³/mol. The first-order chi connectivity index (χ1) is 3.65. The first-order valence-corrected chi connectivity index (χ1v) is 4.56. The van der Waals surface area contributed by atoms with Crippen LogP contribution in [0, 0.1) is 0 Å². The zero-order chi connectivity index (χ0) is 6.99. The van der Waals surface area contributed by atoms with Crippen LogP contribution in [0.5, 0.6) is 0 Å². The summed E-state index contributed by atoms with van der Waals surface area (Å²) in [6.07, 6.45) is 1.79. The van der Waals surface area contributed by atoms with E-state index >= 15 is 0 Å². The standard InChI is InChI=1S/C2H6S2.CH2O3.Zn/c1-3-4-2;2-1(3)4;/h1-2H3;(H2,2,3,4);/q;;+2/p-2. The fourth-order valence-electron chi connectivity index (χ4n) is 0. The van der Waals surface area contributed by atoms with Crippen LogP contribution in [-0.4, -0.2) is 18.7 Å². The minimum Gasteiger partial charge on any atom is -0.652 e. The van der Waals surface area contributed by atoms with Crippen molar-refractivity contribution in [1.82, 2.24) is 0 Å². The summed E-state index contributed by atoms with van der Waals surface area (Å²) in [5.74, 6) is 0. The van der Waals surface area contributed by atoms with Crippen LogP contribution in [0.1, 0.15) is 0 Å². The number of carbonyl (C=O) groups is 1. The van der Waals surface area contributed by atoms with Crippen LogP contribution in [0.25, 0.3) is 0 Å². The van der Waals surface area contributed by atoms with E-state index in [2.05, 4.69) is 12.5 Å². The Labute approximate surface area is 74.8 Å². The smallest absolute Gasteiger partial charge is 0.652 e. The first kappa shape index (κ1) is 16.3. The Morgan fingerprint density at radius 2 is 1.33 bits per heavy atom. The Morgan fingerprint density at radius 3 is 1.33 bits per heavy atom. The molecule has 50 valence electrons. The summed E-state index contributed by atoms with van der Waals surface area (Å²) in [7, 11) is 3.55. The zero-order valence-electron chi connectivity index (χ0n) is 5.25. The molecule has 0 aliphatic carbocycles. The molecule has 0 spiro atoms. The topological polar surface area (TPSA) is 63.2 Å². The third-order valence-electron chi connectivity index (χ3n) is 0.167. The average Bonchev–Trinajstić information content (AvgIpc) is 1.65. The number of hydrogen-bond acceptors (Lipinski definition) is 5. The van der Waals surface area contributed by atoms with Gasteiger partial charge >= 0.3 is 19.5 Å². The molecule has 3 nitrogen and oxygen atoms in total. The third-order valence-corrected chi connectivity index (χ3v) is 1.50. The van der Waals surface area contributed by atoms with E-state index in [1.54, 1.807) is 21.6 Å². The molecular formula is C3H6O3S2Zn. The molecule has 0 saturated heterocycles. The molecule has 0 unspecified atom stereocenters. The fourth-order valence-corrected chi connectivity index (χ4v) is 0. The van der Waals surface area contributed by atoms with Crippen LogP contribution in [-0.2, 0) is 19.5 Å². The Morgan fingerprint density at radius 1 is 1.22 bits per heavy atom. The van der Waals surface area contributed by atoms with Crippen molar-refractivity contribution in [3.8, 4) is 0 Å². The predicted octanol–water partition coefficient (Wildman–Crippen LogP) is -0.822. The molecular weight excluding hydrogens is 214 g/mol. The molecule has 0 aliphatic heterocycles. The average molecular weight is 220 g/mol. The molecule has 0 heterocycles. The van der Waals surface area contributed by atoms with Crippen molar-refractivity contribution >= 4 is 27.7 Å². The van der Waals surface area contributed by atoms with Gasteiger partial charge in [0.25, 0.3) is 0 Å². The first-order valence-electron chi connectivity index (χ1n) is 1.60. The second kappa shape index (κ2) is 15.8. The van der Waals surface area contributed by atoms with Crippen molar-refractivity contribution in [2.75, 3.05) is 12.5 Å². The minimum atomic E-state index is -2.33. The third kappa shape index (κ3) is 147. The van der Waals surface area contributed by atoms with Gasteiger partial charge in [0.1, 0.15) is 0 Å². The van der Waals surface area contributed by atoms with Crippen LogP contribution < -0.4 is 10.2 Å². The van der Waals surface area contributed by atoms with Crippen molar-refractivity contribution in [3.05, 3.63) is 0 Å². The molecule has 0 aromatic heterocycles. The summed E-state index contributed by atoms with van der Waals surface area (Å²) in [6, 6.07) is 0. The Hall–Kier alpha value is 0.593. The summed E-state index contributed by atoms with van der Waals surface area (Å²) in [6.45, 7) is 0. The van der Waals surface area contributed by atoms with E-state index in [0.29, 0.717) is 0 Å². The Balaban J connectivity index is -0.0000000720. The number of carbonyl (C=O) groups excluding carboxylic acids is 1. The Bertz CT molecular complexity index is 55.0. The van der Waals surface area contributed by atoms with E-state index in [4.69, 9.17) is 15.0 Å². The van der Waals surface area contributed by atoms with Crippen molar-refractivity contribution in [2.45, 2.75) is 0 Å². The molecule has 0 aromatic carbocycles. The summed E-state index contributed by atoms with van der Waals surface area (Å²) >= 11 is 0. The van der Waals surface area contributed by atoms with E-state index in [0.717, 1.165) is 0 Å². The van der Waals surface area contributed by atoms with Crippen molar-refractivity contribution < 1.29 is 34.5 Å². The zero-order valence-corrected chi connectivity index (χ0v) is 9.85. The molecule has 0 amide bonds. The maximum Gasteiger partial charge on any atom is 2.00 e. The minimum absolute atomic E-state index is 0. The molecule has 0 atom stereocenters. The maximum absolute atomic E-state index is 8.33. The molecule has 0 saturated carbocycles. The molecule has 0 fully saturated rings. The quantitative estimate of drug-likeness (QED) is 0.426. The fraction of sp³-hybridized carbons (Fsp3) is 0.667. The van der Waals surface area contributed by atoms with Gasteiger partial charge in [0.15, 0.2) is 0 Å². The van der Waals surface area contributed by atoms with Gasteiger partial charge in [-0.05, 0) is 18.7 Å². The van der Waals surface area contributed by atoms with Gasteiger partial charge in [-0.1, -0.05) is 21.6 Å². The second-order valence-corrected chi connectivity index (χ2v) is 3.25. The maximum atomic E-state index is 8.33. The van der Waals surface area contributed by atoms with Gasteiger partial charge in [-0.25, -0.2) is 0 Å². The monoisotopic (exact) mass is 218 g/mol. The van der Waals surface area contributed by atoms with Gasteiger partial charge in [-0.2, -0.15) is 0 Å². The molecule has 0 radical (unpaired) electrons. The summed E-state index contributed by atoms with van der Waals surface area (Å²) in [4.78, 5) is 8.33. The van der Waals surface area contributed by atoms with E-state index in [9.17, 15) is 0 Å². The van der Waals surface area contributed by atoms with Crippen molar-refractivity contribution in [3.63, 3.8) is 0 Å². The van der Waals surface area contributed by atoms with E-state index in [1.165, 1.54) is 0 Å². The SMILES string of the molecule is CSSC.O=C([O-])[O-].[Zn+2]. The Kier molecular flexibility index (Phi) is 28.7. The van der Waals surface area contributed by atoms with Gasteiger partial charge in [0.2, 0.25) is 0 Å². The molecule has 0 rings (SSSR count). The van der Waals surface area contributed by atoms with E-state index in [1.807, 2.05) is 0 Å². The molecule has 9 heavy (non-hydrogen) atoms. The van der Waals surface area contributed by atoms with Crippen LogP contribution in [0.2, 0.25) is 0 Å². The van der Waals surface area contributed by atoms with Crippen LogP contribution in [0.15, 0.2) is 0 Å². The molecule has 0 aromatic rings. The van der Waals surface area contributed by atoms with Crippen LogP contribution >= 0.6 is 21.6 Å². The molecule has 6 heteroatoms. The van der Waals surface area contributed by atoms with Crippen LogP contribution in [0.4, 0.5) is 4.79 Å². The van der Waals surface area contributed by atoms with Gasteiger partial charge in [0.05, 0.1) is 0 Å². The van der Waals surface area contributed by atoms with Crippen molar-refractivity contribution in [2.24, 2.45) is 0 Å². The van der Waals surface area contributed by atoms with Gasteiger partial charge < -0.3 is 15.0 Å². The van der Waals surface area contributed by atoms with Gasteiger partial charge in [-0.15, -0.1) is 0 Å². The normalized spacial score (nSPS) is 6.00. The summed E-state index contributed by atoms with van der Waals surface area (Å²) in [5, 5.41) is 16.7. The van der Waals surface area contributed by atoms with Crippen LogP contribution in [0.3, 0.4) is 0 Å². The van der Waals surface area contributed by atoms with E-state index < -0.39 is 6.16 Å². The van der Waals surface area contributed by atoms with Gasteiger partial charge in [-0.3, -0.25) is 0 Å². The molecule has 0 aliphatic rings. The summed E-state index contributed by atoms with van der Waals surface area (Å²) in [5.41, 5.74) is 0.